The third-order valence-corrected chi connectivity index (χ3v) is 6.86. The summed E-state index contributed by atoms with van der Waals surface area (Å²) in [6, 6.07) is 2.83. The third-order valence-electron chi connectivity index (χ3n) is 5.52. The number of rotatable bonds is 9. The first kappa shape index (κ1) is 28.6. The minimum absolute atomic E-state index is 0.134. The SMILES string of the molecule is CC(=O)OCC1=C(C(=O)OCOC(=O)C(C)(C)C)N2C(=O)[C@@H](NC(=O)C(N=O)c3cccc(O)c3)[C@H]2SC1. The molecule has 0 aliphatic carbocycles. The van der Waals surface area contributed by atoms with Crippen molar-refractivity contribution in [2.24, 2.45) is 10.6 Å². The van der Waals surface area contributed by atoms with Gasteiger partial charge in [0.05, 0.1) is 5.41 Å². The van der Waals surface area contributed by atoms with Crippen LogP contribution in [-0.2, 0) is 38.2 Å². The Bertz CT molecular complexity index is 1190. The number of ether oxygens (including phenoxy) is 3. The van der Waals surface area contributed by atoms with Crippen molar-refractivity contribution in [1.82, 2.24) is 10.2 Å². The van der Waals surface area contributed by atoms with Gasteiger partial charge in [-0.2, -0.15) is 0 Å². The van der Waals surface area contributed by atoms with E-state index in [4.69, 9.17) is 14.2 Å². The fraction of sp³-hybridized carbons (Fsp3) is 0.458. The third kappa shape index (κ3) is 6.30. The van der Waals surface area contributed by atoms with Crippen molar-refractivity contribution in [3.63, 3.8) is 0 Å². The highest BCUT2D eigenvalue weighted by molar-refractivity contribution is 8.00. The minimum Gasteiger partial charge on any atom is -0.508 e. The molecule has 1 saturated heterocycles. The molecule has 1 unspecified atom stereocenters. The van der Waals surface area contributed by atoms with Crippen molar-refractivity contribution in [3.8, 4) is 5.75 Å². The molecule has 0 radical (unpaired) electrons. The van der Waals surface area contributed by atoms with Gasteiger partial charge in [0.2, 0.25) is 6.79 Å². The van der Waals surface area contributed by atoms with Crippen LogP contribution in [0.5, 0.6) is 5.75 Å². The van der Waals surface area contributed by atoms with Gasteiger partial charge in [0.25, 0.3) is 11.8 Å². The monoisotopic (exact) mass is 549 g/mol. The summed E-state index contributed by atoms with van der Waals surface area (Å²) in [5, 5.41) is 14.2. The van der Waals surface area contributed by atoms with Crippen LogP contribution >= 0.6 is 11.8 Å². The van der Waals surface area contributed by atoms with E-state index in [1.165, 1.54) is 43.0 Å². The second kappa shape index (κ2) is 11.6. The Balaban J connectivity index is 1.75. The summed E-state index contributed by atoms with van der Waals surface area (Å²) in [5.74, 6) is -3.74. The van der Waals surface area contributed by atoms with Crippen LogP contribution in [0.15, 0.2) is 40.7 Å². The zero-order valence-electron chi connectivity index (χ0n) is 21.1. The minimum atomic E-state index is -1.52. The molecule has 0 spiro atoms. The van der Waals surface area contributed by atoms with Crippen LogP contribution in [0.3, 0.4) is 0 Å². The van der Waals surface area contributed by atoms with Gasteiger partial charge in [-0.3, -0.25) is 24.1 Å². The molecule has 204 valence electrons. The van der Waals surface area contributed by atoms with Gasteiger partial charge in [-0.05, 0) is 38.5 Å². The molecule has 14 heteroatoms. The summed E-state index contributed by atoms with van der Waals surface area (Å²) >= 11 is 1.20. The van der Waals surface area contributed by atoms with Gasteiger partial charge in [0.1, 0.15) is 29.5 Å². The molecule has 2 aliphatic rings. The summed E-state index contributed by atoms with van der Waals surface area (Å²) in [6.45, 7) is 5.08. The molecule has 2 N–H and O–H groups in total. The number of hydrogen-bond acceptors (Lipinski definition) is 12. The molecule has 3 atom stereocenters. The summed E-state index contributed by atoms with van der Waals surface area (Å²) in [4.78, 5) is 74.6. The molecule has 1 aromatic rings. The Kier molecular flexibility index (Phi) is 8.76. The van der Waals surface area contributed by atoms with Crippen molar-refractivity contribution in [1.29, 1.82) is 0 Å². The summed E-state index contributed by atoms with van der Waals surface area (Å²) in [5.41, 5.74) is -0.589. The lowest BCUT2D eigenvalue weighted by Crippen LogP contribution is -2.71. The van der Waals surface area contributed by atoms with Crippen LogP contribution < -0.4 is 5.32 Å². The highest BCUT2D eigenvalue weighted by atomic mass is 32.2. The van der Waals surface area contributed by atoms with E-state index in [-0.39, 0.29) is 29.4 Å². The zero-order chi connectivity index (χ0) is 28.2. The molecular weight excluding hydrogens is 522 g/mol. The quantitative estimate of drug-likeness (QED) is 0.197. The number of phenols is 1. The average molecular weight is 550 g/mol. The average Bonchev–Trinajstić information content (AvgIpc) is 2.85. The number of thioether (sulfide) groups is 1. The maximum absolute atomic E-state index is 13.1. The molecule has 0 bridgehead atoms. The Labute approximate surface area is 221 Å². The van der Waals surface area contributed by atoms with E-state index in [2.05, 4.69) is 10.5 Å². The van der Waals surface area contributed by atoms with Crippen LogP contribution in [0.25, 0.3) is 0 Å². The maximum Gasteiger partial charge on any atom is 0.358 e. The van der Waals surface area contributed by atoms with Crippen molar-refractivity contribution in [3.05, 3.63) is 46.0 Å². The van der Waals surface area contributed by atoms with Crippen LogP contribution in [0.1, 0.15) is 39.3 Å². The van der Waals surface area contributed by atoms with Crippen LogP contribution in [-0.4, -0.2) is 70.3 Å². The number of esters is 3. The topological polar surface area (TPSA) is 178 Å². The van der Waals surface area contributed by atoms with E-state index in [9.17, 15) is 34.0 Å². The van der Waals surface area contributed by atoms with Gasteiger partial charge in [-0.25, -0.2) is 4.79 Å². The van der Waals surface area contributed by atoms with Gasteiger partial charge in [0.15, 0.2) is 6.04 Å². The molecule has 13 nitrogen and oxygen atoms in total. The summed E-state index contributed by atoms with van der Waals surface area (Å²) < 4.78 is 15.0. The lowest BCUT2D eigenvalue weighted by atomic mass is 9.98. The van der Waals surface area contributed by atoms with Crippen LogP contribution in [0, 0.1) is 10.3 Å². The summed E-state index contributed by atoms with van der Waals surface area (Å²) in [6.07, 6.45) is 0. The number of nitrogens with zero attached hydrogens (tertiary/aromatic N) is 2. The molecule has 38 heavy (non-hydrogen) atoms. The number of nitrogens with one attached hydrogen (secondary N) is 1. The largest absolute Gasteiger partial charge is 0.508 e. The smallest absolute Gasteiger partial charge is 0.358 e. The van der Waals surface area contributed by atoms with E-state index in [1.54, 1.807) is 20.8 Å². The van der Waals surface area contributed by atoms with E-state index >= 15 is 0 Å². The number of aromatic hydroxyl groups is 1. The Morgan fingerprint density at radius 3 is 2.53 bits per heavy atom. The van der Waals surface area contributed by atoms with Crippen LogP contribution in [0.2, 0.25) is 0 Å². The van der Waals surface area contributed by atoms with Gasteiger partial charge in [-0.1, -0.05) is 17.3 Å². The number of benzene rings is 1. The number of phenolic OH excluding ortho intramolecular Hbond substituents is 1. The number of nitroso groups, excluding NO2 is 1. The zero-order valence-corrected chi connectivity index (χ0v) is 21.9. The van der Waals surface area contributed by atoms with Crippen molar-refractivity contribution >= 4 is 41.5 Å². The van der Waals surface area contributed by atoms with E-state index in [0.717, 1.165) is 4.90 Å². The number of carbonyl (C=O) groups is 5. The van der Waals surface area contributed by atoms with Gasteiger partial charge >= 0.3 is 17.9 Å². The standard InChI is InChI=1S/C24H27N3O10S/c1-12(28)35-9-14-10-38-21-17(25-19(30)16(26-34)13-6-5-7-15(29)8-13)20(31)27(21)18(14)22(32)36-11-37-23(33)24(2,3)4/h5-8,16-17,21,29H,9-11H2,1-4H3,(H,25,30)/t16?,17-,21-/m1/s1. The first-order chi connectivity index (χ1) is 17.8. The van der Waals surface area contributed by atoms with Gasteiger partial charge in [-0.15, -0.1) is 16.7 Å². The molecule has 2 amide bonds. The lowest BCUT2D eigenvalue weighted by molar-refractivity contribution is -0.173. The highest BCUT2D eigenvalue weighted by Gasteiger charge is 2.55. The second-order valence-corrected chi connectivity index (χ2v) is 10.6. The van der Waals surface area contributed by atoms with Crippen molar-refractivity contribution in [2.45, 2.75) is 45.2 Å². The number of hydrogen-bond donors (Lipinski definition) is 2. The van der Waals surface area contributed by atoms with E-state index < -0.39 is 59.4 Å². The Morgan fingerprint density at radius 1 is 1.21 bits per heavy atom. The Morgan fingerprint density at radius 2 is 1.92 bits per heavy atom. The van der Waals surface area contributed by atoms with Gasteiger partial charge in [0, 0.05) is 18.2 Å². The number of fused-ring (bicyclic) bond motifs is 1. The first-order valence-electron chi connectivity index (χ1n) is 11.4. The molecular formula is C24H27N3O10S. The van der Waals surface area contributed by atoms with Gasteiger partial charge < -0.3 is 24.6 Å². The molecule has 3 rings (SSSR count). The predicted octanol–water partition coefficient (Wildman–Crippen LogP) is 1.51. The summed E-state index contributed by atoms with van der Waals surface area (Å²) in [7, 11) is 0. The number of amides is 2. The second-order valence-electron chi connectivity index (χ2n) is 9.46. The van der Waals surface area contributed by atoms with Crippen molar-refractivity contribution < 1.29 is 43.3 Å². The number of carbonyl (C=O) groups excluding carboxylic acids is 5. The molecule has 0 aromatic heterocycles. The van der Waals surface area contributed by atoms with Crippen LogP contribution in [0.4, 0.5) is 0 Å². The van der Waals surface area contributed by atoms with E-state index in [0.29, 0.717) is 5.57 Å². The molecule has 1 aromatic carbocycles. The van der Waals surface area contributed by atoms with E-state index in [1.807, 2.05) is 0 Å². The fourth-order valence-corrected chi connectivity index (χ4v) is 4.91. The fourth-order valence-electron chi connectivity index (χ4n) is 3.58. The maximum atomic E-state index is 13.1. The number of β-lactam (4-membered cyclic amide) rings is 1. The molecule has 1 fully saturated rings. The Hall–Kier alpha value is -3.94. The molecule has 2 heterocycles. The first-order valence-corrected chi connectivity index (χ1v) is 12.5. The normalized spacial score (nSPS) is 19.5. The highest BCUT2D eigenvalue weighted by Crippen LogP contribution is 2.41. The predicted molar refractivity (Wildman–Crippen MR) is 132 cm³/mol. The molecule has 2 aliphatic heterocycles. The molecule has 0 saturated carbocycles. The van der Waals surface area contributed by atoms with Crippen molar-refractivity contribution in [2.75, 3.05) is 19.2 Å². The lowest BCUT2D eigenvalue weighted by Gasteiger charge is -2.49.